The molecule has 1 atom stereocenters. The van der Waals surface area contributed by atoms with Gasteiger partial charge >= 0.3 is 5.97 Å². The third kappa shape index (κ3) is 5.02. The average Bonchev–Trinajstić information content (AvgIpc) is 2.15. The smallest absolute Gasteiger partial charge is 0.303 e. The minimum Gasteiger partial charge on any atom is -0.481 e. The summed E-state index contributed by atoms with van der Waals surface area (Å²) in [5.41, 5.74) is 6.70. The maximum atomic E-state index is 10.3. The Hall–Kier alpha value is -0.770. The zero-order chi connectivity index (χ0) is 10.6. The van der Waals surface area contributed by atoms with Gasteiger partial charge in [0.05, 0.1) is 0 Å². The van der Waals surface area contributed by atoms with E-state index in [2.05, 4.69) is 0 Å². The fourth-order valence-electron chi connectivity index (χ4n) is 1.16. The van der Waals surface area contributed by atoms with Crippen LogP contribution in [0, 0.1) is 0 Å². The van der Waals surface area contributed by atoms with Crippen LogP contribution in [0.15, 0.2) is 24.3 Å². The molecule has 0 spiro atoms. The van der Waals surface area contributed by atoms with Crippen molar-refractivity contribution in [2.75, 3.05) is 0 Å². The molecule has 0 heterocycles. The SMILES string of the molecule is Cl.N[C@H](CCC(=O)O)c1ccc(Cl)cc1. The molecule has 84 valence electrons. The van der Waals surface area contributed by atoms with E-state index in [1.807, 2.05) is 12.1 Å². The molecule has 0 aliphatic rings. The van der Waals surface area contributed by atoms with Crippen molar-refractivity contribution in [3.05, 3.63) is 34.9 Å². The number of rotatable bonds is 4. The van der Waals surface area contributed by atoms with E-state index in [9.17, 15) is 4.79 Å². The van der Waals surface area contributed by atoms with Gasteiger partial charge in [-0.3, -0.25) is 4.79 Å². The van der Waals surface area contributed by atoms with Gasteiger partial charge in [-0.25, -0.2) is 0 Å². The Morgan fingerprint density at radius 3 is 2.40 bits per heavy atom. The van der Waals surface area contributed by atoms with Crippen molar-refractivity contribution in [3.63, 3.8) is 0 Å². The molecule has 0 saturated heterocycles. The lowest BCUT2D eigenvalue weighted by atomic mass is 10.0. The van der Waals surface area contributed by atoms with E-state index in [0.717, 1.165) is 5.56 Å². The Kier molecular flexibility index (Phi) is 6.32. The number of halogens is 2. The Labute approximate surface area is 99.6 Å². The molecule has 0 radical (unpaired) electrons. The van der Waals surface area contributed by atoms with Crippen LogP contribution in [0.5, 0.6) is 0 Å². The Morgan fingerprint density at radius 1 is 1.40 bits per heavy atom. The summed E-state index contributed by atoms with van der Waals surface area (Å²) < 4.78 is 0. The largest absolute Gasteiger partial charge is 0.481 e. The molecule has 0 unspecified atom stereocenters. The molecule has 0 aliphatic heterocycles. The van der Waals surface area contributed by atoms with Crippen molar-refractivity contribution in [3.8, 4) is 0 Å². The van der Waals surface area contributed by atoms with E-state index < -0.39 is 5.97 Å². The zero-order valence-corrected chi connectivity index (χ0v) is 9.59. The van der Waals surface area contributed by atoms with E-state index in [1.165, 1.54) is 0 Å². The molecule has 3 nitrogen and oxygen atoms in total. The number of aliphatic carboxylic acids is 1. The summed E-state index contributed by atoms with van der Waals surface area (Å²) in [6.45, 7) is 0. The fourth-order valence-corrected chi connectivity index (χ4v) is 1.28. The summed E-state index contributed by atoms with van der Waals surface area (Å²) in [5, 5.41) is 9.13. The van der Waals surface area contributed by atoms with Gasteiger partial charge in [0.25, 0.3) is 0 Å². The van der Waals surface area contributed by atoms with E-state index in [4.69, 9.17) is 22.4 Å². The van der Waals surface area contributed by atoms with Crippen LogP contribution in [0.25, 0.3) is 0 Å². The molecule has 1 rings (SSSR count). The molecule has 3 N–H and O–H groups in total. The predicted molar refractivity (Wildman–Crippen MR) is 62.5 cm³/mol. The number of hydrogen-bond donors (Lipinski definition) is 2. The second-order valence-electron chi connectivity index (χ2n) is 3.09. The molecule has 0 aliphatic carbocycles. The van der Waals surface area contributed by atoms with Gasteiger partial charge in [-0.05, 0) is 24.1 Å². The molecule has 0 aromatic heterocycles. The van der Waals surface area contributed by atoms with Gasteiger partial charge in [0, 0.05) is 17.5 Å². The van der Waals surface area contributed by atoms with Crippen molar-refractivity contribution in [2.24, 2.45) is 5.73 Å². The minimum absolute atomic E-state index is 0. The van der Waals surface area contributed by atoms with Gasteiger partial charge in [0.1, 0.15) is 0 Å². The van der Waals surface area contributed by atoms with Crippen LogP contribution in [-0.4, -0.2) is 11.1 Å². The number of carbonyl (C=O) groups is 1. The molecule has 15 heavy (non-hydrogen) atoms. The van der Waals surface area contributed by atoms with Crippen molar-refractivity contribution in [2.45, 2.75) is 18.9 Å². The summed E-state index contributed by atoms with van der Waals surface area (Å²) in [6.07, 6.45) is 0.529. The highest BCUT2D eigenvalue weighted by Gasteiger charge is 2.07. The van der Waals surface area contributed by atoms with E-state index in [0.29, 0.717) is 11.4 Å². The summed E-state index contributed by atoms with van der Waals surface area (Å²) in [7, 11) is 0. The summed E-state index contributed by atoms with van der Waals surface area (Å²) in [4.78, 5) is 10.3. The number of carboxylic acid groups (broad SMARTS) is 1. The first-order chi connectivity index (χ1) is 6.59. The summed E-state index contributed by atoms with van der Waals surface area (Å²) in [6, 6.07) is 6.89. The van der Waals surface area contributed by atoms with Crippen molar-refractivity contribution in [1.82, 2.24) is 0 Å². The van der Waals surface area contributed by atoms with E-state index >= 15 is 0 Å². The van der Waals surface area contributed by atoms with Crippen LogP contribution < -0.4 is 5.73 Å². The zero-order valence-electron chi connectivity index (χ0n) is 8.02. The highest BCUT2D eigenvalue weighted by atomic mass is 35.5. The van der Waals surface area contributed by atoms with Gasteiger partial charge in [-0.2, -0.15) is 0 Å². The molecular formula is C10H13Cl2NO2. The predicted octanol–water partition coefficient (Wildman–Crippen LogP) is 2.63. The molecular weight excluding hydrogens is 237 g/mol. The fraction of sp³-hybridized carbons (Fsp3) is 0.300. The van der Waals surface area contributed by atoms with Gasteiger partial charge < -0.3 is 10.8 Å². The lowest BCUT2D eigenvalue weighted by Gasteiger charge is -2.10. The highest BCUT2D eigenvalue weighted by molar-refractivity contribution is 6.30. The monoisotopic (exact) mass is 249 g/mol. The topological polar surface area (TPSA) is 63.3 Å². The van der Waals surface area contributed by atoms with Gasteiger partial charge in [-0.1, -0.05) is 23.7 Å². The Morgan fingerprint density at radius 2 is 1.93 bits per heavy atom. The minimum atomic E-state index is -0.825. The normalized spacial score (nSPS) is 11.6. The second-order valence-corrected chi connectivity index (χ2v) is 3.53. The summed E-state index contributed by atoms with van der Waals surface area (Å²) in [5.74, 6) is -0.825. The molecule has 0 amide bonds. The number of carboxylic acids is 1. The molecule has 1 aromatic rings. The molecule has 5 heteroatoms. The van der Waals surface area contributed by atoms with Gasteiger partial charge in [0.2, 0.25) is 0 Å². The quantitative estimate of drug-likeness (QED) is 0.863. The van der Waals surface area contributed by atoms with Crippen LogP contribution in [0.4, 0.5) is 0 Å². The third-order valence-electron chi connectivity index (χ3n) is 1.97. The first-order valence-corrected chi connectivity index (χ1v) is 4.70. The van der Waals surface area contributed by atoms with Crippen LogP contribution in [0.3, 0.4) is 0 Å². The lowest BCUT2D eigenvalue weighted by Crippen LogP contribution is -2.11. The maximum absolute atomic E-state index is 10.3. The number of nitrogens with two attached hydrogens (primary N) is 1. The van der Waals surface area contributed by atoms with Crippen LogP contribution in [-0.2, 0) is 4.79 Å². The van der Waals surface area contributed by atoms with Gasteiger partial charge in [0.15, 0.2) is 0 Å². The van der Waals surface area contributed by atoms with Crippen LogP contribution in [0.1, 0.15) is 24.4 Å². The molecule has 0 fully saturated rings. The third-order valence-corrected chi connectivity index (χ3v) is 2.22. The second kappa shape index (κ2) is 6.67. The molecule has 0 bridgehead atoms. The first kappa shape index (κ1) is 14.2. The number of benzene rings is 1. The van der Waals surface area contributed by atoms with Crippen molar-refractivity contribution in [1.29, 1.82) is 0 Å². The van der Waals surface area contributed by atoms with Crippen molar-refractivity contribution >= 4 is 30.0 Å². The van der Waals surface area contributed by atoms with Crippen molar-refractivity contribution < 1.29 is 9.90 Å². The maximum Gasteiger partial charge on any atom is 0.303 e. The van der Waals surface area contributed by atoms with E-state index in [-0.39, 0.29) is 24.9 Å². The number of hydrogen-bond acceptors (Lipinski definition) is 2. The molecule has 0 saturated carbocycles. The molecule has 1 aromatic carbocycles. The van der Waals surface area contributed by atoms with Gasteiger partial charge in [-0.15, -0.1) is 12.4 Å². The average molecular weight is 250 g/mol. The van der Waals surface area contributed by atoms with E-state index in [1.54, 1.807) is 12.1 Å². The van der Waals surface area contributed by atoms with Crippen LogP contribution in [0.2, 0.25) is 5.02 Å². The Balaban J connectivity index is 0.00000196. The Bertz CT molecular complexity index is 314. The highest BCUT2D eigenvalue weighted by Crippen LogP contribution is 2.18. The first-order valence-electron chi connectivity index (χ1n) is 4.32. The lowest BCUT2D eigenvalue weighted by molar-refractivity contribution is -0.137. The standard InChI is InChI=1S/C10H12ClNO2.ClH/c11-8-3-1-7(2-4-8)9(12)5-6-10(13)14;/h1-4,9H,5-6,12H2,(H,13,14);1H/t9-;/m1./s1. The van der Waals surface area contributed by atoms with Crippen LogP contribution >= 0.6 is 24.0 Å². The summed E-state index contributed by atoms with van der Waals surface area (Å²) >= 11 is 5.71.